The van der Waals surface area contributed by atoms with Gasteiger partial charge in [-0.1, -0.05) is 0 Å². The molecule has 2 aromatic rings. The zero-order chi connectivity index (χ0) is 10.8. The van der Waals surface area contributed by atoms with E-state index in [0.717, 1.165) is 15.6 Å². The van der Waals surface area contributed by atoms with Gasteiger partial charge in [0, 0.05) is 16.8 Å². The number of aromatic nitrogens is 1. The summed E-state index contributed by atoms with van der Waals surface area (Å²) in [7, 11) is 0. The minimum absolute atomic E-state index is 0.0523. The largest absolute Gasteiger partial charge is 0.329 e. The molecule has 1 atom stereocenters. The van der Waals surface area contributed by atoms with Crippen molar-refractivity contribution in [3.63, 3.8) is 0 Å². The molecule has 2 aromatic heterocycles. The molecular formula is C10H13N3S2. The highest BCUT2D eigenvalue weighted by atomic mass is 32.1. The lowest BCUT2D eigenvalue weighted by molar-refractivity contribution is 0.752. The molecule has 0 saturated carbocycles. The molecule has 15 heavy (non-hydrogen) atoms. The summed E-state index contributed by atoms with van der Waals surface area (Å²) in [6.45, 7) is 2.49. The fraction of sp³-hybridized carbons (Fsp3) is 0.300. The minimum Gasteiger partial charge on any atom is -0.329 e. The summed E-state index contributed by atoms with van der Waals surface area (Å²) in [6, 6.07) is 4.04. The number of thiophene rings is 1. The molecule has 0 bridgehead atoms. The third-order valence-electron chi connectivity index (χ3n) is 2.12. The van der Waals surface area contributed by atoms with E-state index in [-0.39, 0.29) is 6.04 Å². The van der Waals surface area contributed by atoms with Crippen molar-refractivity contribution in [2.24, 2.45) is 11.5 Å². The molecule has 0 aliphatic carbocycles. The van der Waals surface area contributed by atoms with Gasteiger partial charge in [0.25, 0.3) is 0 Å². The van der Waals surface area contributed by atoms with Crippen LogP contribution in [0.4, 0.5) is 0 Å². The van der Waals surface area contributed by atoms with Gasteiger partial charge in [0.15, 0.2) is 0 Å². The Labute approximate surface area is 96.8 Å². The van der Waals surface area contributed by atoms with Crippen molar-refractivity contribution in [1.82, 2.24) is 4.98 Å². The number of hydrogen-bond donors (Lipinski definition) is 2. The Morgan fingerprint density at radius 2 is 2.27 bits per heavy atom. The van der Waals surface area contributed by atoms with Gasteiger partial charge >= 0.3 is 0 Å². The number of thiazole rings is 1. The highest BCUT2D eigenvalue weighted by Crippen LogP contribution is 2.30. The lowest BCUT2D eigenvalue weighted by Crippen LogP contribution is -2.19. The number of aryl methyl sites for hydroxylation is 1. The van der Waals surface area contributed by atoms with Crippen LogP contribution in [0.15, 0.2) is 17.5 Å². The Kier molecular flexibility index (Phi) is 3.16. The van der Waals surface area contributed by atoms with Crippen LogP contribution in [0.5, 0.6) is 0 Å². The van der Waals surface area contributed by atoms with Crippen LogP contribution in [0, 0.1) is 6.92 Å². The van der Waals surface area contributed by atoms with Gasteiger partial charge in [-0.3, -0.25) is 0 Å². The van der Waals surface area contributed by atoms with Crippen LogP contribution in [0.25, 0.3) is 10.6 Å². The SMILES string of the molecule is Cc1nc(-c2ccc(C(N)CN)s2)cs1. The van der Waals surface area contributed by atoms with Crippen LogP contribution >= 0.6 is 22.7 Å². The monoisotopic (exact) mass is 239 g/mol. The first-order valence-corrected chi connectivity index (χ1v) is 6.38. The first-order valence-electron chi connectivity index (χ1n) is 4.68. The fourth-order valence-electron chi connectivity index (χ4n) is 1.28. The Bertz CT molecular complexity index is 447. The highest BCUT2D eigenvalue weighted by Gasteiger charge is 2.09. The van der Waals surface area contributed by atoms with E-state index in [1.165, 1.54) is 4.88 Å². The summed E-state index contributed by atoms with van der Waals surface area (Å²) in [4.78, 5) is 6.72. The summed E-state index contributed by atoms with van der Waals surface area (Å²) in [6.07, 6.45) is 0. The molecular weight excluding hydrogens is 226 g/mol. The van der Waals surface area contributed by atoms with Gasteiger partial charge in [0.1, 0.15) is 0 Å². The summed E-state index contributed by atoms with van der Waals surface area (Å²) in [5.74, 6) is 0. The molecule has 0 aromatic carbocycles. The Morgan fingerprint density at radius 1 is 1.47 bits per heavy atom. The van der Waals surface area contributed by atoms with E-state index in [2.05, 4.69) is 16.4 Å². The smallest absolute Gasteiger partial charge is 0.0914 e. The molecule has 4 N–H and O–H groups in total. The summed E-state index contributed by atoms with van der Waals surface area (Å²) < 4.78 is 0. The third-order valence-corrected chi connectivity index (χ3v) is 4.13. The molecule has 2 rings (SSSR count). The Morgan fingerprint density at radius 3 is 2.87 bits per heavy atom. The van der Waals surface area contributed by atoms with E-state index in [0.29, 0.717) is 6.54 Å². The summed E-state index contributed by atoms with van der Waals surface area (Å²) in [5, 5.41) is 3.15. The average molecular weight is 239 g/mol. The lowest BCUT2D eigenvalue weighted by atomic mass is 10.2. The number of nitrogens with zero attached hydrogens (tertiary/aromatic N) is 1. The maximum absolute atomic E-state index is 5.86. The maximum atomic E-state index is 5.86. The van der Waals surface area contributed by atoms with Crippen molar-refractivity contribution in [2.45, 2.75) is 13.0 Å². The quantitative estimate of drug-likeness (QED) is 0.862. The molecule has 3 nitrogen and oxygen atoms in total. The third kappa shape index (κ3) is 2.26. The van der Waals surface area contributed by atoms with Gasteiger partial charge in [-0.2, -0.15) is 0 Å². The maximum Gasteiger partial charge on any atom is 0.0914 e. The fourth-order valence-corrected chi connectivity index (χ4v) is 2.95. The lowest BCUT2D eigenvalue weighted by Gasteiger charge is -2.03. The van der Waals surface area contributed by atoms with Gasteiger partial charge in [-0.25, -0.2) is 4.98 Å². The topological polar surface area (TPSA) is 64.9 Å². The van der Waals surface area contributed by atoms with Crippen molar-refractivity contribution in [1.29, 1.82) is 0 Å². The number of hydrogen-bond acceptors (Lipinski definition) is 5. The number of nitrogens with two attached hydrogens (primary N) is 2. The molecule has 0 aliphatic heterocycles. The second kappa shape index (κ2) is 4.40. The minimum atomic E-state index is -0.0523. The van der Waals surface area contributed by atoms with Gasteiger partial charge < -0.3 is 11.5 Å². The van der Waals surface area contributed by atoms with Crippen molar-refractivity contribution in [2.75, 3.05) is 6.54 Å². The summed E-state index contributed by atoms with van der Waals surface area (Å²) >= 11 is 3.33. The molecule has 0 fully saturated rings. The molecule has 80 valence electrons. The molecule has 1 unspecified atom stereocenters. The second-order valence-corrected chi connectivity index (χ2v) is 5.47. The van der Waals surface area contributed by atoms with Crippen molar-refractivity contribution in [3.05, 3.63) is 27.4 Å². The zero-order valence-electron chi connectivity index (χ0n) is 8.43. The van der Waals surface area contributed by atoms with Crippen molar-refractivity contribution < 1.29 is 0 Å². The molecule has 0 amide bonds. The van der Waals surface area contributed by atoms with Crippen LogP contribution in [0.2, 0.25) is 0 Å². The van der Waals surface area contributed by atoms with Gasteiger partial charge in [0.2, 0.25) is 0 Å². The van der Waals surface area contributed by atoms with E-state index < -0.39 is 0 Å². The van der Waals surface area contributed by atoms with E-state index in [4.69, 9.17) is 11.5 Å². The van der Waals surface area contributed by atoms with Gasteiger partial charge in [-0.15, -0.1) is 22.7 Å². The molecule has 0 aliphatic rings. The first-order chi connectivity index (χ1) is 7.20. The van der Waals surface area contributed by atoms with Crippen molar-refractivity contribution >= 4 is 22.7 Å². The van der Waals surface area contributed by atoms with Gasteiger partial charge in [0.05, 0.1) is 21.6 Å². The highest BCUT2D eigenvalue weighted by molar-refractivity contribution is 7.16. The second-order valence-electron chi connectivity index (χ2n) is 3.30. The Balaban J connectivity index is 2.27. The standard InChI is InChI=1S/C10H13N3S2/c1-6-13-8(5-14-6)10-3-2-9(15-10)7(12)4-11/h2-3,5,7H,4,11-12H2,1H3. The van der Waals surface area contributed by atoms with E-state index in [1.807, 2.05) is 13.0 Å². The molecule has 0 spiro atoms. The molecule has 0 saturated heterocycles. The van der Waals surface area contributed by atoms with Crippen LogP contribution in [0.1, 0.15) is 15.9 Å². The molecule has 0 radical (unpaired) electrons. The van der Waals surface area contributed by atoms with E-state index >= 15 is 0 Å². The average Bonchev–Trinajstić information content (AvgIpc) is 2.84. The first kappa shape index (κ1) is 10.8. The number of rotatable bonds is 3. The predicted molar refractivity (Wildman–Crippen MR) is 66.1 cm³/mol. The molecule has 2 heterocycles. The van der Waals surface area contributed by atoms with E-state index in [9.17, 15) is 0 Å². The van der Waals surface area contributed by atoms with Crippen LogP contribution < -0.4 is 11.5 Å². The zero-order valence-corrected chi connectivity index (χ0v) is 10.1. The van der Waals surface area contributed by atoms with Crippen molar-refractivity contribution in [3.8, 4) is 10.6 Å². The predicted octanol–water partition coefficient (Wildman–Crippen LogP) is 2.14. The van der Waals surface area contributed by atoms with Crippen LogP contribution in [0.3, 0.4) is 0 Å². The molecule has 5 heteroatoms. The Hall–Kier alpha value is -0.750. The summed E-state index contributed by atoms with van der Waals surface area (Å²) in [5.41, 5.74) is 12.4. The normalized spacial score (nSPS) is 13.0. The van der Waals surface area contributed by atoms with Crippen LogP contribution in [-0.4, -0.2) is 11.5 Å². The van der Waals surface area contributed by atoms with Crippen LogP contribution in [-0.2, 0) is 0 Å². The van der Waals surface area contributed by atoms with E-state index in [1.54, 1.807) is 22.7 Å². The van der Waals surface area contributed by atoms with Gasteiger partial charge in [-0.05, 0) is 19.1 Å².